The Morgan fingerprint density at radius 3 is 2.35 bits per heavy atom. The molecule has 2 fully saturated rings. The van der Waals surface area contributed by atoms with Crippen LogP contribution in [-0.2, 0) is 23.9 Å². The third-order valence-electron chi connectivity index (χ3n) is 9.00. The molecule has 0 amide bonds. The van der Waals surface area contributed by atoms with Gasteiger partial charge in [-0.15, -0.1) is 0 Å². The fourth-order valence-electron chi connectivity index (χ4n) is 7.22. The average molecular weight is 475 g/mol. The SMILES string of the molecule is CC(=O)O[C@@]12C[C@@H](C)[C@@]3(O)[C@@H](C=C(COC(=O)C(C)(C)C)C[C@]4(O)C(=O)C(C)=C[C@@H]34)[C@@H]1C2(C)C. The number of ether oxygens (including phenoxy) is 2. The van der Waals surface area contributed by atoms with E-state index >= 15 is 0 Å². The highest BCUT2D eigenvalue weighted by Gasteiger charge is 2.83. The van der Waals surface area contributed by atoms with E-state index < -0.39 is 45.3 Å². The van der Waals surface area contributed by atoms with Crippen molar-refractivity contribution >= 4 is 17.7 Å². The van der Waals surface area contributed by atoms with E-state index in [1.54, 1.807) is 33.8 Å². The van der Waals surface area contributed by atoms with Crippen molar-refractivity contribution in [2.75, 3.05) is 6.61 Å². The molecule has 4 aliphatic rings. The molecule has 34 heavy (non-hydrogen) atoms. The second-order valence-electron chi connectivity index (χ2n) is 12.6. The van der Waals surface area contributed by atoms with Gasteiger partial charge in [0.2, 0.25) is 0 Å². The van der Waals surface area contributed by atoms with Crippen LogP contribution < -0.4 is 0 Å². The number of ketones is 1. The number of hydrogen-bond acceptors (Lipinski definition) is 7. The van der Waals surface area contributed by atoms with Gasteiger partial charge in [-0.1, -0.05) is 32.9 Å². The predicted octanol–water partition coefficient (Wildman–Crippen LogP) is 3.13. The van der Waals surface area contributed by atoms with Crippen LogP contribution in [0.5, 0.6) is 0 Å². The normalized spacial score (nSPS) is 42.4. The van der Waals surface area contributed by atoms with Gasteiger partial charge in [0.25, 0.3) is 0 Å². The standard InChI is InChI=1S/C27H38O7/c1-14-9-19-25(31,21(14)29)12-17(13-33-22(30)23(4,5)6)10-18-20-24(7,8)26(20,34-16(3)28)11-15(2)27(18,19)32/h9-10,15,18-20,31-32H,11-13H2,1-8H3/t15-,18+,19-,20-,25-,26+,27-/m1/s1. The molecule has 7 nitrogen and oxygen atoms in total. The minimum Gasteiger partial charge on any atom is -0.461 e. The lowest BCUT2D eigenvalue weighted by atomic mass is 9.60. The summed E-state index contributed by atoms with van der Waals surface area (Å²) in [5.74, 6) is -3.04. The van der Waals surface area contributed by atoms with Crippen molar-refractivity contribution in [3.05, 3.63) is 23.3 Å². The number of Topliss-reactive ketones (excluding diaryl/α,β-unsaturated/α-hetero) is 1. The first-order valence-corrected chi connectivity index (χ1v) is 12.2. The molecule has 0 aliphatic heterocycles. The summed E-state index contributed by atoms with van der Waals surface area (Å²) in [5, 5.41) is 24.1. The summed E-state index contributed by atoms with van der Waals surface area (Å²) in [4.78, 5) is 37.7. The van der Waals surface area contributed by atoms with Gasteiger partial charge in [-0.3, -0.25) is 14.4 Å². The van der Waals surface area contributed by atoms with E-state index in [9.17, 15) is 24.6 Å². The topological polar surface area (TPSA) is 110 Å². The largest absolute Gasteiger partial charge is 0.461 e. The molecule has 0 heterocycles. The quantitative estimate of drug-likeness (QED) is 0.478. The van der Waals surface area contributed by atoms with Gasteiger partial charge < -0.3 is 19.7 Å². The van der Waals surface area contributed by atoms with Crippen LogP contribution in [0.1, 0.15) is 68.2 Å². The summed E-state index contributed by atoms with van der Waals surface area (Å²) in [6.07, 6.45) is 4.00. The van der Waals surface area contributed by atoms with Gasteiger partial charge in [0, 0.05) is 36.5 Å². The Bertz CT molecular complexity index is 1010. The Labute approximate surface area is 201 Å². The molecule has 7 atom stereocenters. The lowest BCUT2D eigenvalue weighted by Crippen LogP contribution is -2.61. The molecule has 0 aromatic rings. The van der Waals surface area contributed by atoms with Gasteiger partial charge in [0.05, 0.1) is 11.0 Å². The smallest absolute Gasteiger partial charge is 0.311 e. The monoisotopic (exact) mass is 474 g/mol. The average Bonchev–Trinajstić information content (AvgIpc) is 3.09. The van der Waals surface area contributed by atoms with E-state index in [1.165, 1.54) is 6.92 Å². The first kappa shape index (κ1) is 25.1. The third-order valence-corrected chi connectivity index (χ3v) is 9.00. The number of carbonyl (C=O) groups is 3. The lowest BCUT2D eigenvalue weighted by molar-refractivity contribution is -0.186. The van der Waals surface area contributed by atoms with Gasteiger partial charge in [-0.05, 0) is 51.2 Å². The van der Waals surface area contributed by atoms with E-state index in [2.05, 4.69) is 0 Å². The van der Waals surface area contributed by atoms with Gasteiger partial charge in [-0.2, -0.15) is 0 Å². The maximum atomic E-state index is 13.2. The van der Waals surface area contributed by atoms with Gasteiger partial charge in [-0.25, -0.2) is 0 Å². The van der Waals surface area contributed by atoms with Crippen LogP contribution in [0.4, 0.5) is 0 Å². The molecule has 0 radical (unpaired) electrons. The second kappa shape index (κ2) is 7.26. The molecule has 0 aromatic carbocycles. The molecule has 4 rings (SSSR count). The molecule has 188 valence electrons. The maximum Gasteiger partial charge on any atom is 0.311 e. The summed E-state index contributed by atoms with van der Waals surface area (Å²) in [5.41, 5.74) is -4.07. The van der Waals surface area contributed by atoms with Crippen LogP contribution in [0, 0.1) is 34.5 Å². The van der Waals surface area contributed by atoms with E-state index in [4.69, 9.17) is 9.47 Å². The van der Waals surface area contributed by atoms with Gasteiger partial charge in [0.1, 0.15) is 17.8 Å². The summed E-state index contributed by atoms with van der Waals surface area (Å²) in [6, 6.07) is 0. The van der Waals surface area contributed by atoms with Crippen molar-refractivity contribution in [1.82, 2.24) is 0 Å². The van der Waals surface area contributed by atoms with Crippen LogP contribution in [0.15, 0.2) is 23.3 Å². The number of carbonyl (C=O) groups excluding carboxylic acids is 3. The molecular weight excluding hydrogens is 436 g/mol. The predicted molar refractivity (Wildman–Crippen MR) is 124 cm³/mol. The highest BCUT2D eigenvalue weighted by Crippen LogP contribution is 2.76. The minimum atomic E-state index is -1.82. The molecule has 0 unspecified atom stereocenters. The molecule has 0 spiro atoms. The first-order chi connectivity index (χ1) is 15.4. The van der Waals surface area contributed by atoms with Crippen molar-refractivity contribution < 1.29 is 34.1 Å². The number of hydrogen-bond donors (Lipinski definition) is 2. The van der Waals surface area contributed by atoms with E-state index in [-0.39, 0.29) is 36.8 Å². The zero-order valence-corrected chi connectivity index (χ0v) is 21.5. The first-order valence-electron chi connectivity index (χ1n) is 12.2. The van der Waals surface area contributed by atoms with Crippen LogP contribution in [-0.4, -0.2) is 51.3 Å². The Balaban J connectivity index is 1.82. The van der Waals surface area contributed by atoms with Crippen molar-refractivity contribution in [2.45, 2.75) is 85.0 Å². The lowest BCUT2D eigenvalue weighted by Gasteiger charge is -2.50. The fraction of sp³-hybridized carbons (Fsp3) is 0.741. The van der Waals surface area contributed by atoms with E-state index in [0.717, 1.165) is 0 Å². The molecular formula is C27H38O7. The van der Waals surface area contributed by atoms with Crippen molar-refractivity contribution in [3.8, 4) is 0 Å². The third kappa shape index (κ3) is 3.19. The van der Waals surface area contributed by atoms with Gasteiger partial charge >= 0.3 is 11.9 Å². The van der Waals surface area contributed by atoms with E-state index in [0.29, 0.717) is 17.6 Å². The summed E-state index contributed by atoms with van der Waals surface area (Å²) in [6.45, 7) is 14.2. The minimum absolute atomic E-state index is 0.0268. The zero-order valence-electron chi connectivity index (χ0n) is 21.5. The van der Waals surface area contributed by atoms with Crippen LogP contribution in [0.2, 0.25) is 0 Å². The molecule has 0 saturated heterocycles. The number of rotatable bonds is 3. The van der Waals surface area contributed by atoms with Crippen LogP contribution in [0.3, 0.4) is 0 Å². The van der Waals surface area contributed by atoms with Crippen molar-refractivity contribution in [3.63, 3.8) is 0 Å². The molecule has 0 aromatic heterocycles. The number of esters is 2. The highest BCUT2D eigenvalue weighted by atomic mass is 16.6. The van der Waals surface area contributed by atoms with Gasteiger partial charge in [0.15, 0.2) is 5.78 Å². The molecule has 4 aliphatic carbocycles. The molecule has 2 saturated carbocycles. The van der Waals surface area contributed by atoms with Crippen molar-refractivity contribution in [2.24, 2.45) is 34.5 Å². The maximum absolute atomic E-state index is 13.2. The van der Waals surface area contributed by atoms with E-state index in [1.807, 2.05) is 26.8 Å². The van der Waals surface area contributed by atoms with Crippen LogP contribution >= 0.6 is 0 Å². The molecule has 7 heteroatoms. The second-order valence-corrected chi connectivity index (χ2v) is 12.6. The van der Waals surface area contributed by atoms with Crippen LogP contribution in [0.25, 0.3) is 0 Å². The highest BCUT2D eigenvalue weighted by molar-refractivity contribution is 6.04. The Morgan fingerprint density at radius 1 is 1.18 bits per heavy atom. The fourth-order valence-corrected chi connectivity index (χ4v) is 7.22. The molecule has 0 bridgehead atoms. The number of aliphatic hydroxyl groups is 2. The summed E-state index contributed by atoms with van der Waals surface area (Å²) in [7, 11) is 0. The number of fused-ring (bicyclic) bond motifs is 5. The van der Waals surface area contributed by atoms with Crippen molar-refractivity contribution in [1.29, 1.82) is 0 Å². The molecule has 2 N–H and O–H groups in total. The Kier molecular flexibility index (Phi) is 5.36. The Hall–Kier alpha value is -1.99. The summed E-state index contributed by atoms with van der Waals surface area (Å²) >= 11 is 0. The zero-order chi connectivity index (χ0) is 25.6. The Morgan fingerprint density at radius 2 is 1.79 bits per heavy atom. The summed E-state index contributed by atoms with van der Waals surface area (Å²) < 4.78 is 11.5.